The molecule has 5 heteroatoms. The second kappa shape index (κ2) is 6.24. The van der Waals surface area contributed by atoms with Gasteiger partial charge in [0.05, 0.1) is 6.54 Å². The van der Waals surface area contributed by atoms with Crippen molar-refractivity contribution in [1.29, 1.82) is 0 Å². The first kappa shape index (κ1) is 15.3. The molecule has 0 saturated carbocycles. The van der Waals surface area contributed by atoms with Crippen molar-refractivity contribution in [2.24, 2.45) is 11.8 Å². The van der Waals surface area contributed by atoms with Crippen molar-refractivity contribution >= 4 is 27.5 Å². The van der Waals surface area contributed by atoms with Crippen molar-refractivity contribution < 1.29 is 9.18 Å². The maximum absolute atomic E-state index is 13.2. The molecule has 2 amide bonds. The second-order valence-corrected chi connectivity index (χ2v) is 7.57. The Kier molecular flexibility index (Phi) is 4.34. The fourth-order valence-corrected chi connectivity index (χ4v) is 4.24. The van der Waals surface area contributed by atoms with Crippen LogP contribution in [0.15, 0.2) is 24.3 Å². The Hall–Kier alpha value is -1.62. The number of hydrogen-bond acceptors (Lipinski definition) is 2. The maximum atomic E-state index is 13.2. The second-order valence-electron chi connectivity index (χ2n) is 6.40. The number of carbonyl (C=O) groups excluding carboxylic acids is 1. The van der Waals surface area contributed by atoms with Gasteiger partial charge in [-0.2, -0.15) is 0 Å². The van der Waals surface area contributed by atoms with Gasteiger partial charge in [-0.1, -0.05) is 13.8 Å². The molecule has 1 aliphatic rings. The van der Waals surface area contributed by atoms with Crippen LogP contribution in [0.1, 0.15) is 25.1 Å². The number of piperidine rings is 1. The summed E-state index contributed by atoms with van der Waals surface area (Å²) < 4.78 is 14.3. The number of likely N-dealkylation sites (tertiary alicyclic amines) is 1. The zero-order chi connectivity index (χ0) is 15.7. The van der Waals surface area contributed by atoms with Gasteiger partial charge in [0, 0.05) is 22.7 Å². The molecule has 3 rings (SSSR count). The van der Waals surface area contributed by atoms with Gasteiger partial charge in [-0.25, -0.2) is 9.18 Å². The van der Waals surface area contributed by atoms with Crippen LogP contribution < -0.4 is 5.32 Å². The number of thiophene rings is 1. The molecule has 1 aliphatic heterocycles. The van der Waals surface area contributed by atoms with Crippen LogP contribution in [-0.2, 0) is 6.54 Å². The Balaban J connectivity index is 1.62. The molecule has 0 aliphatic carbocycles. The number of rotatable bonds is 2. The van der Waals surface area contributed by atoms with Crippen LogP contribution in [0, 0.1) is 17.7 Å². The van der Waals surface area contributed by atoms with Gasteiger partial charge in [0.25, 0.3) is 0 Å². The fourth-order valence-electron chi connectivity index (χ4n) is 3.26. The molecule has 118 valence electrons. The summed E-state index contributed by atoms with van der Waals surface area (Å²) in [5.41, 5.74) is 0. The Morgan fingerprint density at radius 2 is 2.05 bits per heavy atom. The molecule has 1 fully saturated rings. The lowest BCUT2D eigenvalue weighted by Crippen LogP contribution is -2.47. The van der Waals surface area contributed by atoms with Gasteiger partial charge in [0.15, 0.2) is 0 Å². The summed E-state index contributed by atoms with van der Waals surface area (Å²) in [6, 6.07) is 6.74. The highest BCUT2D eigenvalue weighted by atomic mass is 32.1. The average molecular weight is 320 g/mol. The van der Waals surface area contributed by atoms with E-state index in [0.717, 1.165) is 28.1 Å². The summed E-state index contributed by atoms with van der Waals surface area (Å²) in [6.45, 7) is 6.54. The smallest absolute Gasteiger partial charge is 0.317 e. The van der Waals surface area contributed by atoms with Crippen LogP contribution in [0.3, 0.4) is 0 Å². The zero-order valence-corrected chi connectivity index (χ0v) is 13.8. The van der Waals surface area contributed by atoms with Crippen LogP contribution in [-0.4, -0.2) is 24.0 Å². The molecular weight excluding hydrogens is 299 g/mol. The number of hydrogen-bond donors (Lipinski definition) is 1. The van der Waals surface area contributed by atoms with Crippen molar-refractivity contribution in [3.05, 3.63) is 35.0 Å². The number of carbonyl (C=O) groups is 1. The van der Waals surface area contributed by atoms with E-state index >= 15 is 0 Å². The standard InChI is InChI=1S/C17H21FN2OS/c1-11-5-12(2)10-20(9-11)17(21)19-8-15-7-13-6-14(18)3-4-16(13)22-15/h3-4,6-7,11-12H,5,8-10H2,1-2H3,(H,19,21). The molecule has 0 radical (unpaired) electrons. The van der Waals surface area contributed by atoms with E-state index in [1.807, 2.05) is 11.0 Å². The van der Waals surface area contributed by atoms with E-state index in [1.165, 1.54) is 18.6 Å². The minimum absolute atomic E-state index is 0.00189. The SMILES string of the molecule is CC1CC(C)CN(C(=O)NCc2cc3cc(F)ccc3s2)C1. The van der Waals surface area contributed by atoms with Crippen molar-refractivity contribution in [3.8, 4) is 0 Å². The van der Waals surface area contributed by atoms with Crippen molar-refractivity contribution in [1.82, 2.24) is 10.2 Å². The largest absolute Gasteiger partial charge is 0.333 e. The normalized spacial score (nSPS) is 22.0. The molecule has 1 N–H and O–H groups in total. The molecule has 2 heterocycles. The van der Waals surface area contributed by atoms with Gasteiger partial charge in [-0.05, 0) is 47.9 Å². The molecule has 2 atom stereocenters. The van der Waals surface area contributed by atoms with Crippen molar-refractivity contribution in [3.63, 3.8) is 0 Å². The first-order chi connectivity index (χ1) is 10.5. The summed E-state index contributed by atoms with van der Waals surface area (Å²) >= 11 is 1.60. The van der Waals surface area contributed by atoms with E-state index in [0.29, 0.717) is 18.4 Å². The van der Waals surface area contributed by atoms with Gasteiger partial charge in [0.2, 0.25) is 0 Å². The van der Waals surface area contributed by atoms with Gasteiger partial charge >= 0.3 is 6.03 Å². The van der Waals surface area contributed by atoms with Gasteiger partial charge in [-0.15, -0.1) is 11.3 Å². The predicted octanol–water partition coefficient (Wildman–Crippen LogP) is 4.23. The van der Waals surface area contributed by atoms with Crippen molar-refractivity contribution in [2.75, 3.05) is 13.1 Å². The minimum atomic E-state index is -0.225. The van der Waals surface area contributed by atoms with E-state index < -0.39 is 0 Å². The highest BCUT2D eigenvalue weighted by Gasteiger charge is 2.25. The monoisotopic (exact) mass is 320 g/mol. The Labute approximate surface area is 134 Å². The quantitative estimate of drug-likeness (QED) is 0.882. The summed E-state index contributed by atoms with van der Waals surface area (Å²) in [4.78, 5) is 15.2. The highest BCUT2D eigenvalue weighted by molar-refractivity contribution is 7.19. The predicted molar refractivity (Wildman–Crippen MR) is 88.5 cm³/mol. The van der Waals surface area contributed by atoms with E-state index in [4.69, 9.17) is 0 Å². The number of halogens is 1. The summed E-state index contributed by atoms with van der Waals surface area (Å²) in [6.07, 6.45) is 1.19. The summed E-state index contributed by atoms with van der Waals surface area (Å²) in [7, 11) is 0. The van der Waals surface area contributed by atoms with Crippen LogP contribution in [0.4, 0.5) is 9.18 Å². The molecule has 22 heavy (non-hydrogen) atoms. The van der Waals surface area contributed by atoms with Crippen LogP contribution in [0.5, 0.6) is 0 Å². The average Bonchev–Trinajstić information content (AvgIpc) is 2.85. The van der Waals surface area contributed by atoms with E-state index in [1.54, 1.807) is 17.4 Å². The van der Waals surface area contributed by atoms with Gasteiger partial charge in [-0.3, -0.25) is 0 Å². The van der Waals surface area contributed by atoms with Crippen molar-refractivity contribution in [2.45, 2.75) is 26.8 Å². The lowest BCUT2D eigenvalue weighted by Gasteiger charge is -2.34. The highest BCUT2D eigenvalue weighted by Crippen LogP contribution is 2.26. The van der Waals surface area contributed by atoms with Crippen LogP contribution in [0.2, 0.25) is 0 Å². The van der Waals surface area contributed by atoms with Crippen LogP contribution >= 0.6 is 11.3 Å². The number of urea groups is 1. The lowest BCUT2D eigenvalue weighted by atomic mass is 9.92. The third kappa shape index (κ3) is 3.40. The van der Waals surface area contributed by atoms with E-state index in [9.17, 15) is 9.18 Å². The first-order valence-corrected chi connectivity index (χ1v) is 8.53. The molecule has 0 bridgehead atoms. The zero-order valence-electron chi connectivity index (χ0n) is 12.9. The van der Waals surface area contributed by atoms with Gasteiger partial charge in [0.1, 0.15) is 5.82 Å². The number of nitrogens with one attached hydrogen (secondary N) is 1. The molecule has 3 nitrogen and oxygen atoms in total. The minimum Gasteiger partial charge on any atom is -0.333 e. The molecule has 1 aromatic heterocycles. The van der Waals surface area contributed by atoms with E-state index in [2.05, 4.69) is 19.2 Å². The third-order valence-electron chi connectivity index (χ3n) is 4.10. The Morgan fingerprint density at radius 1 is 1.32 bits per heavy atom. The Bertz CT molecular complexity index is 674. The van der Waals surface area contributed by atoms with Gasteiger partial charge < -0.3 is 10.2 Å². The topological polar surface area (TPSA) is 32.3 Å². The molecule has 1 saturated heterocycles. The third-order valence-corrected chi connectivity index (χ3v) is 5.22. The number of nitrogens with zero attached hydrogens (tertiary/aromatic N) is 1. The molecule has 1 aromatic carbocycles. The number of amides is 2. The molecular formula is C17H21FN2OS. The first-order valence-electron chi connectivity index (χ1n) is 7.72. The Morgan fingerprint density at radius 3 is 2.77 bits per heavy atom. The fraction of sp³-hybridized carbons (Fsp3) is 0.471. The number of benzene rings is 1. The molecule has 2 aromatic rings. The van der Waals surface area contributed by atoms with E-state index in [-0.39, 0.29) is 11.8 Å². The lowest BCUT2D eigenvalue weighted by molar-refractivity contribution is 0.146. The van der Waals surface area contributed by atoms with Crippen LogP contribution in [0.25, 0.3) is 10.1 Å². The molecule has 2 unspecified atom stereocenters. The summed E-state index contributed by atoms with van der Waals surface area (Å²) in [5.74, 6) is 0.890. The molecule has 0 spiro atoms. The maximum Gasteiger partial charge on any atom is 0.317 e. The number of fused-ring (bicyclic) bond motifs is 1. The summed E-state index contributed by atoms with van der Waals surface area (Å²) in [5, 5.41) is 3.89.